The third kappa shape index (κ3) is 8.22. The third-order valence-electron chi connectivity index (χ3n) is 3.52. The summed E-state index contributed by atoms with van der Waals surface area (Å²) in [4.78, 5) is 20.7. The minimum Gasteiger partial charge on any atom is -0.492 e. The van der Waals surface area contributed by atoms with E-state index in [1.165, 1.54) is 0 Å². The molecular formula is C20H27N5O2. The van der Waals surface area contributed by atoms with Gasteiger partial charge in [-0.05, 0) is 38.1 Å². The van der Waals surface area contributed by atoms with Gasteiger partial charge in [0.25, 0.3) is 0 Å². The van der Waals surface area contributed by atoms with Crippen LogP contribution in [0.15, 0.2) is 53.5 Å². The van der Waals surface area contributed by atoms with Gasteiger partial charge in [-0.25, -0.2) is 4.98 Å². The van der Waals surface area contributed by atoms with E-state index < -0.39 is 0 Å². The zero-order valence-electron chi connectivity index (χ0n) is 15.9. The van der Waals surface area contributed by atoms with Crippen LogP contribution in [0.1, 0.15) is 19.0 Å². The van der Waals surface area contributed by atoms with Crippen LogP contribution >= 0.6 is 0 Å². The Labute approximate surface area is 160 Å². The number of nitrogens with zero attached hydrogens (tertiary/aromatic N) is 2. The Kier molecular flexibility index (Phi) is 8.62. The molecule has 1 heterocycles. The zero-order chi connectivity index (χ0) is 19.3. The van der Waals surface area contributed by atoms with E-state index in [2.05, 4.69) is 25.9 Å². The zero-order valence-corrected chi connectivity index (χ0v) is 15.9. The van der Waals surface area contributed by atoms with Gasteiger partial charge in [0.15, 0.2) is 5.96 Å². The van der Waals surface area contributed by atoms with Crippen molar-refractivity contribution in [1.82, 2.24) is 15.6 Å². The highest BCUT2D eigenvalue weighted by Gasteiger charge is 2.04. The molecule has 0 radical (unpaired) electrons. The molecular weight excluding hydrogens is 342 g/mol. The van der Waals surface area contributed by atoms with Gasteiger partial charge in [0.05, 0.1) is 13.1 Å². The third-order valence-corrected chi connectivity index (χ3v) is 3.52. The van der Waals surface area contributed by atoms with Crippen molar-refractivity contribution in [3.63, 3.8) is 0 Å². The molecule has 1 aromatic carbocycles. The maximum absolute atomic E-state index is 12.0. The number of aryl methyl sites for hydroxylation is 1. The molecule has 7 heteroatoms. The lowest BCUT2D eigenvalue weighted by Gasteiger charge is -2.12. The minimum atomic E-state index is -0.111. The highest BCUT2D eigenvalue weighted by Crippen LogP contribution is 2.07. The normalized spacial score (nSPS) is 11.0. The van der Waals surface area contributed by atoms with E-state index >= 15 is 0 Å². The number of amides is 1. The number of pyridine rings is 1. The number of anilines is 1. The van der Waals surface area contributed by atoms with Crippen LogP contribution in [0.4, 0.5) is 5.82 Å². The number of para-hydroxylation sites is 1. The van der Waals surface area contributed by atoms with E-state index in [1.807, 2.05) is 56.3 Å². The fraction of sp³-hybridized carbons (Fsp3) is 0.350. The molecule has 0 saturated heterocycles. The van der Waals surface area contributed by atoms with E-state index in [0.717, 1.165) is 18.0 Å². The molecule has 144 valence electrons. The van der Waals surface area contributed by atoms with E-state index in [4.69, 9.17) is 4.74 Å². The molecule has 0 atom stereocenters. The Hall–Kier alpha value is -3.09. The summed E-state index contributed by atoms with van der Waals surface area (Å²) in [6, 6.07) is 15.2. The molecule has 27 heavy (non-hydrogen) atoms. The first-order valence-electron chi connectivity index (χ1n) is 9.11. The van der Waals surface area contributed by atoms with Crippen LogP contribution in [0.3, 0.4) is 0 Å². The first-order valence-corrected chi connectivity index (χ1v) is 9.11. The first-order chi connectivity index (χ1) is 13.2. The fourth-order valence-corrected chi connectivity index (χ4v) is 2.28. The Bertz CT molecular complexity index is 734. The van der Waals surface area contributed by atoms with Gasteiger partial charge >= 0.3 is 0 Å². The summed E-state index contributed by atoms with van der Waals surface area (Å²) >= 11 is 0. The number of carbonyl (C=O) groups is 1. The van der Waals surface area contributed by atoms with Crippen molar-refractivity contribution in [2.24, 2.45) is 4.99 Å². The standard InChI is InChI=1S/C20H27N5O2/c1-3-21-20(23-14-15-27-17-9-5-4-6-10-17)22-13-12-19(26)25-18-11-7-8-16(2)24-18/h4-11H,3,12-15H2,1-2H3,(H2,21,22,23)(H,24,25,26). The summed E-state index contributed by atoms with van der Waals surface area (Å²) in [5, 5.41) is 9.12. The topological polar surface area (TPSA) is 87.6 Å². The van der Waals surface area contributed by atoms with Crippen molar-refractivity contribution in [3.8, 4) is 5.75 Å². The van der Waals surface area contributed by atoms with Crippen LogP contribution in [-0.2, 0) is 4.79 Å². The molecule has 0 bridgehead atoms. The molecule has 7 nitrogen and oxygen atoms in total. The number of aliphatic imine (C=N–C) groups is 1. The average Bonchev–Trinajstić information content (AvgIpc) is 2.66. The summed E-state index contributed by atoms with van der Waals surface area (Å²) in [5.74, 6) is 1.95. The van der Waals surface area contributed by atoms with Gasteiger partial charge < -0.3 is 20.7 Å². The second kappa shape index (κ2) is 11.5. The second-order valence-corrected chi connectivity index (χ2v) is 5.81. The van der Waals surface area contributed by atoms with Gasteiger partial charge in [0, 0.05) is 18.7 Å². The predicted molar refractivity (Wildman–Crippen MR) is 108 cm³/mol. The summed E-state index contributed by atoms with van der Waals surface area (Å²) in [6.45, 7) is 6.13. The summed E-state index contributed by atoms with van der Waals surface area (Å²) in [6.07, 6.45) is 0.284. The van der Waals surface area contributed by atoms with Crippen molar-refractivity contribution >= 4 is 17.7 Å². The van der Waals surface area contributed by atoms with E-state index in [-0.39, 0.29) is 12.3 Å². The van der Waals surface area contributed by atoms with E-state index in [9.17, 15) is 4.79 Å². The smallest absolute Gasteiger partial charge is 0.227 e. The Morgan fingerprint density at radius 3 is 2.67 bits per heavy atom. The monoisotopic (exact) mass is 369 g/mol. The van der Waals surface area contributed by atoms with Gasteiger partial charge in [-0.1, -0.05) is 24.3 Å². The molecule has 3 N–H and O–H groups in total. The number of nitrogens with one attached hydrogen (secondary N) is 3. The molecule has 0 saturated carbocycles. The Morgan fingerprint density at radius 2 is 1.93 bits per heavy atom. The fourth-order valence-electron chi connectivity index (χ4n) is 2.28. The Morgan fingerprint density at radius 1 is 1.11 bits per heavy atom. The highest BCUT2D eigenvalue weighted by atomic mass is 16.5. The molecule has 0 unspecified atom stereocenters. The number of benzene rings is 1. The molecule has 0 aliphatic heterocycles. The van der Waals surface area contributed by atoms with Crippen molar-refractivity contribution in [2.75, 3.05) is 31.6 Å². The van der Waals surface area contributed by atoms with Crippen molar-refractivity contribution in [1.29, 1.82) is 0 Å². The van der Waals surface area contributed by atoms with Gasteiger partial charge in [-0.15, -0.1) is 0 Å². The average molecular weight is 369 g/mol. The summed E-state index contributed by atoms with van der Waals surface area (Å²) < 4.78 is 5.64. The lowest BCUT2D eigenvalue weighted by atomic mass is 10.3. The van der Waals surface area contributed by atoms with E-state index in [1.54, 1.807) is 6.07 Å². The molecule has 2 aromatic rings. The molecule has 1 aromatic heterocycles. The number of hydrogen-bond donors (Lipinski definition) is 3. The van der Waals surface area contributed by atoms with Crippen LogP contribution < -0.4 is 20.7 Å². The molecule has 0 fully saturated rings. The summed E-state index contributed by atoms with van der Waals surface area (Å²) in [5.41, 5.74) is 0.863. The van der Waals surface area contributed by atoms with Crippen LogP contribution in [-0.4, -0.2) is 43.1 Å². The first kappa shape index (κ1) is 20.2. The van der Waals surface area contributed by atoms with Crippen LogP contribution in [0.25, 0.3) is 0 Å². The number of aromatic nitrogens is 1. The maximum Gasteiger partial charge on any atom is 0.227 e. The molecule has 0 spiro atoms. The van der Waals surface area contributed by atoms with E-state index in [0.29, 0.717) is 31.5 Å². The van der Waals surface area contributed by atoms with Gasteiger partial charge in [0.1, 0.15) is 18.2 Å². The van der Waals surface area contributed by atoms with Crippen molar-refractivity contribution < 1.29 is 9.53 Å². The molecule has 0 aliphatic rings. The molecule has 1 amide bonds. The van der Waals surface area contributed by atoms with Crippen LogP contribution in [0.2, 0.25) is 0 Å². The van der Waals surface area contributed by atoms with Crippen molar-refractivity contribution in [3.05, 3.63) is 54.2 Å². The SMILES string of the molecule is CCNC(=NCCC(=O)Nc1cccc(C)n1)NCCOc1ccccc1. The number of hydrogen-bond acceptors (Lipinski definition) is 4. The maximum atomic E-state index is 12.0. The van der Waals surface area contributed by atoms with Crippen LogP contribution in [0, 0.1) is 6.92 Å². The summed E-state index contributed by atoms with van der Waals surface area (Å²) in [7, 11) is 0. The lowest BCUT2D eigenvalue weighted by molar-refractivity contribution is -0.116. The highest BCUT2D eigenvalue weighted by molar-refractivity contribution is 5.90. The molecule has 2 rings (SSSR count). The minimum absolute atomic E-state index is 0.111. The quantitative estimate of drug-likeness (QED) is 0.359. The number of ether oxygens (including phenoxy) is 1. The second-order valence-electron chi connectivity index (χ2n) is 5.81. The number of rotatable bonds is 9. The lowest BCUT2D eigenvalue weighted by Crippen LogP contribution is -2.39. The number of carbonyl (C=O) groups excluding carboxylic acids is 1. The van der Waals surface area contributed by atoms with Gasteiger partial charge in [-0.2, -0.15) is 0 Å². The Balaban J connectivity index is 1.71. The van der Waals surface area contributed by atoms with Crippen molar-refractivity contribution in [2.45, 2.75) is 20.3 Å². The molecule has 0 aliphatic carbocycles. The van der Waals surface area contributed by atoms with Gasteiger partial charge in [0.2, 0.25) is 5.91 Å². The van der Waals surface area contributed by atoms with Crippen LogP contribution in [0.5, 0.6) is 5.75 Å². The van der Waals surface area contributed by atoms with Gasteiger partial charge in [-0.3, -0.25) is 9.79 Å². The largest absolute Gasteiger partial charge is 0.492 e. The number of guanidine groups is 1. The predicted octanol–water partition coefficient (Wildman–Crippen LogP) is 2.35.